The SMILES string of the molecule is BrCC1(CCCC2CCCO2)CCCOC1. The van der Waals surface area contributed by atoms with Crippen molar-refractivity contribution in [2.75, 3.05) is 25.2 Å². The van der Waals surface area contributed by atoms with Crippen LogP contribution in [0.4, 0.5) is 0 Å². The van der Waals surface area contributed by atoms with Gasteiger partial charge in [0.1, 0.15) is 0 Å². The molecule has 0 aromatic heterocycles. The molecule has 0 bridgehead atoms. The van der Waals surface area contributed by atoms with Gasteiger partial charge in [0.25, 0.3) is 0 Å². The van der Waals surface area contributed by atoms with Gasteiger partial charge in [-0.25, -0.2) is 0 Å². The van der Waals surface area contributed by atoms with Crippen LogP contribution in [-0.2, 0) is 9.47 Å². The van der Waals surface area contributed by atoms with E-state index in [1.54, 1.807) is 0 Å². The smallest absolute Gasteiger partial charge is 0.0576 e. The predicted octanol–water partition coefficient (Wildman–Crippen LogP) is 3.53. The van der Waals surface area contributed by atoms with Gasteiger partial charge in [-0.15, -0.1) is 0 Å². The maximum Gasteiger partial charge on any atom is 0.0576 e. The molecule has 0 aromatic carbocycles. The van der Waals surface area contributed by atoms with E-state index in [9.17, 15) is 0 Å². The molecule has 0 amide bonds. The van der Waals surface area contributed by atoms with Gasteiger partial charge < -0.3 is 9.47 Å². The lowest BCUT2D eigenvalue weighted by atomic mass is 9.80. The summed E-state index contributed by atoms with van der Waals surface area (Å²) in [5, 5.41) is 1.09. The van der Waals surface area contributed by atoms with Crippen LogP contribution in [0.2, 0.25) is 0 Å². The fourth-order valence-corrected chi connectivity index (χ4v) is 3.58. The number of hydrogen-bond acceptors (Lipinski definition) is 2. The van der Waals surface area contributed by atoms with Crippen molar-refractivity contribution in [3.05, 3.63) is 0 Å². The van der Waals surface area contributed by atoms with Crippen LogP contribution in [0.3, 0.4) is 0 Å². The highest BCUT2D eigenvalue weighted by Crippen LogP contribution is 2.36. The van der Waals surface area contributed by atoms with E-state index in [1.807, 2.05) is 0 Å². The molecule has 2 unspecified atom stereocenters. The molecule has 2 heterocycles. The molecule has 0 radical (unpaired) electrons. The van der Waals surface area contributed by atoms with E-state index < -0.39 is 0 Å². The van der Waals surface area contributed by atoms with Gasteiger partial charge in [0.05, 0.1) is 12.7 Å². The van der Waals surface area contributed by atoms with E-state index in [0.717, 1.165) is 25.2 Å². The quantitative estimate of drug-likeness (QED) is 0.721. The third-order valence-corrected chi connectivity index (χ3v) is 5.13. The fraction of sp³-hybridized carbons (Fsp3) is 1.00. The Morgan fingerprint density at radius 2 is 2.19 bits per heavy atom. The minimum Gasteiger partial charge on any atom is -0.381 e. The lowest BCUT2D eigenvalue weighted by molar-refractivity contribution is -0.00197. The van der Waals surface area contributed by atoms with E-state index in [2.05, 4.69) is 15.9 Å². The Morgan fingerprint density at radius 3 is 2.81 bits per heavy atom. The van der Waals surface area contributed by atoms with E-state index in [0.29, 0.717) is 11.5 Å². The highest BCUT2D eigenvalue weighted by atomic mass is 79.9. The van der Waals surface area contributed by atoms with Crippen LogP contribution >= 0.6 is 15.9 Å². The predicted molar refractivity (Wildman–Crippen MR) is 69.1 cm³/mol. The van der Waals surface area contributed by atoms with Crippen molar-refractivity contribution in [2.24, 2.45) is 5.41 Å². The second kappa shape index (κ2) is 6.36. The fourth-order valence-electron chi connectivity index (χ4n) is 2.86. The van der Waals surface area contributed by atoms with Crippen molar-refractivity contribution in [1.29, 1.82) is 0 Å². The van der Waals surface area contributed by atoms with Gasteiger partial charge in [-0.05, 0) is 38.5 Å². The third-order valence-electron chi connectivity index (χ3n) is 3.94. The molecular weight excluding hydrogens is 268 g/mol. The second-order valence-corrected chi connectivity index (χ2v) is 5.88. The standard InChI is InChI=1S/C13H23BrO2/c14-10-13(7-3-8-15-11-13)6-1-4-12-5-2-9-16-12/h12H,1-11H2. The van der Waals surface area contributed by atoms with E-state index in [-0.39, 0.29) is 0 Å². The first-order valence-corrected chi connectivity index (χ1v) is 7.72. The zero-order valence-corrected chi connectivity index (χ0v) is 11.6. The van der Waals surface area contributed by atoms with Crippen LogP contribution in [0.1, 0.15) is 44.9 Å². The van der Waals surface area contributed by atoms with Crippen LogP contribution in [0.15, 0.2) is 0 Å². The number of rotatable bonds is 5. The zero-order valence-electron chi connectivity index (χ0n) is 10.0. The van der Waals surface area contributed by atoms with Crippen LogP contribution in [0.5, 0.6) is 0 Å². The number of ether oxygens (including phenoxy) is 2. The van der Waals surface area contributed by atoms with Gasteiger partial charge in [-0.2, -0.15) is 0 Å². The molecule has 0 N–H and O–H groups in total. The van der Waals surface area contributed by atoms with Gasteiger partial charge in [0.15, 0.2) is 0 Å². The van der Waals surface area contributed by atoms with Crippen LogP contribution in [0, 0.1) is 5.41 Å². The molecule has 2 fully saturated rings. The summed E-state index contributed by atoms with van der Waals surface area (Å²) in [7, 11) is 0. The van der Waals surface area contributed by atoms with Gasteiger partial charge in [0.2, 0.25) is 0 Å². The Balaban J connectivity index is 1.69. The van der Waals surface area contributed by atoms with Gasteiger partial charge in [0, 0.05) is 24.0 Å². The summed E-state index contributed by atoms with van der Waals surface area (Å²) in [6.45, 7) is 2.89. The molecule has 2 saturated heterocycles. The third kappa shape index (κ3) is 3.44. The molecule has 0 spiro atoms. The molecule has 2 nitrogen and oxygen atoms in total. The van der Waals surface area contributed by atoms with Crippen molar-refractivity contribution in [2.45, 2.75) is 51.0 Å². The topological polar surface area (TPSA) is 18.5 Å². The molecule has 94 valence electrons. The summed E-state index contributed by atoms with van der Waals surface area (Å²) >= 11 is 3.67. The zero-order chi connectivity index (χ0) is 11.3. The first-order valence-electron chi connectivity index (χ1n) is 6.60. The van der Waals surface area contributed by atoms with Crippen LogP contribution < -0.4 is 0 Å². The molecule has 2 rings (SSSR count). The maximum absolute atomic E-state index is 5.67. The number of hydrogen-bond donors (Lipinski definition) is 0. The van der Waals surface area contributed by atoms with Crippen LogP contribution in [0.25, 0.3) is 0 Å². The summed E-state index contributed by atoms with van der Waals surface area (Å²) in [6, 6.07) is 0. The van der Waals surface area contributed by atoms with Crippen molar-refractivity contribution in [3.8, 4) is 0 Å². The van der Waals surface area contributed by atoms with Gasteiger partial charge >= 0.3 is 0 Å². The van der Waals surface area contributed by atoms with E-state index >= 15 is 0 Å². The molecule has 3 heteroatoms. The largest absolute Gasteiger partial charge is 0.381 e. The summed E-state index contributed by atoms with van der Waals surface area (Å²) in [5.74, 6) is 0. The van der Waals surface area contributed by atoms with Crippen molar-refractivity contribution in [3.63, 3.8) is 0 Å². The highest BCUT2D eigenvalue weighted by molar-refractivity contribution is 9.09. The summed E-state index contributed by atoms with van der Waals surface area (Å²) in [6.07, 6.45) is 9.47. The molecule has 2 aliphatic heterocycles. The normalized spacial score (nSPS) is 35.4. The monoisotopic (exact) mass is 290 g/mol. The molecule has 0 aromatic rings. The van der Waals surface area contributed by atoms with Crippen molar-refractivity contribution >= 4 is 15.9 Å². The molecule has 0 aliphatic carbocycles. The summed E-state index contributed by atoms with van der Waals surface area (Å²) < 4.78 is 11.3. The molecule has 16 heavy (non-hydrogen) atoms. The minimum atomic E-state index is 0.414. The Hall–Kier alpha value is 0.400. The minimum absolute atomic E-state index is 0.414. The lowest BCUT2D eigenvalue weighted by Crippen LogP contribution is -2.33. The van der Waals surface area contributed by atoms with Gasteiger partial charge in [-0.1, -0.05) is 22.4 Å². The van der Waals surface area contributed by atoms with E-state index in [1.165, 1.54) is 44.9 Å². The Bertz CT molecular complexity index is 196. The summed E-state index contributed by atoms with van der Waals surface area (Å²) in [5.41, 5.74) is 0.414. The first-order chi connectivity index (χ1) is 7.85. The van der Waals surface area contributed by atoms with E-state index in [4.69, 9.17) is 9.47 Å². The second-order valence-electron chi connectivity index (χ2n) is 5.32. The first kappa shape index (κ1) is 12.8. The molecule has 2 atom stereocenters. The Labute approximate surface area is 107 Å². The molecule has 0 saturated carbocycles. The molecular formula is C13H23BrO2. The number of halogens is 1. The average molecular weight is 291 g/mol. The maximum atomic E-state index is 5.67. The number of alkyl halides is 1. The lowest BCUT2D eigenvalue weighted by Gasteiger charge is -2.35. The van der Waals surface area contributed by atoms with Crippen molar-refractivity contribution < 1.29 is 9.47 Å². The Morgan fingerprint density at radius 1 is 1.25 bits per heavy atom. The Kier molecular flexibility index (Phi) is 5.11. The van der Waals surface area contributed by atoms with Crippen molar-refractivity contribution in [1.82, 2.24) is 0 Å². The highest BCUT2D eigenvalue weighted by Gasteiger charge is 2.31. The van der Waals surface area contributed by atoms with Gasteiger partial charge in [-0.3, -0.25) is 0 Å². The van der Waals surface area contributed by atoms with Crippen LogP contribution in [-0.4, -0.2) is 31.3 Å². The molecule has 2 aliphatic rings. The average Bonchev–Trinajstić information content (AvgIpc) is 2.83. The summed E-state index contributed by atoms with van der Waals surface area (Å²) in [4.78, 5) is 0.